The third-order valence-electron chi connectivity index (χ3n) is 5.48. The van der Waals surface area contributed by atoms with Crippen LogP contribution < -0.4 is 5.32 Å². The SMILES string of the molecule is CC1CCN(C(CNC(=O)c2ccnc3ccccc23)c2cccs2)CC1. The van der Waals surface area contributed by atoms with E-state index >= 15 is 0 Å². The Bertz CT molecular complexity index is 896. The highest BCUT2D eigenvalue weighted by atomic mass is 32.1. The fourth-order valence-corrected chi connectivity index (χ4v) is 4.67. The third-order valence-corrected chi connectivity index (χ3v) is 6.45. The Morgan fingerprint density at radius 3 is 2.81 bits per heavy atom. The first-order valence-corrected chi connectivity index (χ1v) is 10.5. The van der Waals surface area contributed by atoms with Gasteiger partial charge in [-0.1, -0.05) is 31.2 Å². The number of fused-ring (bicyclic) bond motifs is 1. The molecule has 0 spiro atoms. The standard InChI is InChI=1S/C22H25N3OS/c1-16-9-12-25(13-10-16)20(21-7-4-14-27-21)15-24-22(26)18-8-11-23-19-6-3-2-5-17(18)19/h2-8,11,14,16,20H,9-10,12-13,15H2,1H3,(H,24,26). The number of para-hydroxylation sites is 1. The Kier molecular flexibility index (Phi) is 5.50. The number of pyridine rings is 1. The molecule has 1 aliphatic heterocycles. The van der Waals surface area contributed by atoms with Crippen molar-refractivity contribution < 1.29 is 4.79 Å². The minimum atomic E-state index is -0.0273. The number of nitrogens with one attached hydrogen (secondary N) is 1. The zero-order valence-electron chi connectivity index (χ0n) is 15.6. The number of aromatic nitrogens is 1. The molecule has 3 heterocycles. The molecule has 0 aliphatic carbocycles. The number of amides is 1. The minimum Gasteiger partial charge on any atom is -0.350 e. The molecule has 3 aromatic rings. The Hall–Kier alpha value is -2.24. The van der Waals surface area contributed by atoms with Gasteiger partial charge >= 0.3 is 0 Å². The van der Waals surface area contributed by atoms with Gasteiger partial charge in [0, 0.05) is 23.0 Å². The van der Waals surface area contributed by atoms with Gasteiger partial charge in [0.2, 0.25) is 0 Å². The molecule has 0 saturated carbocycles. The molecule has 4 rings (SSSR count). The lowest BCUT2D eigenvalue weighted by Gasteiger charge is -2.36. The fraction of sp³-hybridized carbons (Fsp3) is 0.364. The van der Waals surface area contributed by atoms with Crippen LogP contribution in [-0.4, -0.2) is 35.4 Å². The lowest BCUT2D eigenvalue weighted by molar-refractivity contribution is 0.0916. The molecular weight excluding hydrogens is 354 g/mol. The summed E-state index contributed by atoms with van der Waals surface area (Å²) in [6.07, 6.45) is 4.16. The molecule has 2 aromatic heterocycles. The van der Waals surface area contributed by atoms with Gasteiger partial charge in [0.05, 0.1) is 17.1 Å². The summed E-state index contributed by atoms with van der Waals surface area (Å²) >= 11 is 1.77. The molecule has 1 amide bonds. The van der Waals surface area contributed by atoms with Crippen LogP contribution in [0.2, 0.25) is 0 Å². The lowest BCUT2D eigenvalue weighted by Crippen LogP contribution is -2.41. The van der Waals surface area contributed by atoms with Crippen molar-refractivity contribution in [3.05, 3.63) is 64.5 Å². The second-order valence-corrected chi connectivity index (χ2v) is 8.31. The second-order valence-electron chi connectivity index (χ2n) is 7.34. The summed E-state index contributed by atoms with van der Waals surface area (Å²) in [6, 6.07) is 14.1. The highest BCUT2D eigenvalue weighted by molar-refractivity contribution is 7.10. The number of carbonyl (C=O) groups is 1. The van der Waals surface area contributed by atoms with Crippen molar-refractivity contribution in [2.45, 2.75) is 25.8 Å². The van der Waals surface area contributed by atoms with Gasteiger partial charge in [0.1, 0.15) is 0 Å². The fourth-order valence-electron chi connectivity index (χ4n) is 3.81. The lowest BCUT2D eigenvalue weighted by atomic mass is 9.97. The Morgan fingerprint density at radius 1 is 1.22 bits per heavy atom. The van der Waals surface area contributed by atoms with Crippen LogP contribution in [0.1, 0.15) is 41.0 Å². The van der Waals surface area contributed by atoms with E-state index in [1.807, 2.05) is 24.3 Å². The Morgan fingerprint density at radius 2 is 2.04 bits per heavy atom. The molecule has 1 fully saturated rings. The number of rotatable bonds is 5. The summed E-state index contributed by atoms with van der Waals surface area (Å²) in [4.78, 5) is 21.1. The summed E-state index contributed by atoms with van der Waals surface area (Å²) in [5.74, 6) is 0.767. The monoisotopic (exact) mass is 379 g/mol. The molecule has 1 atom stereocenters. The van der Waals surface area contributed by atoms with Crippen LogP contribution in [0.4, 0.5) is 0 Å². The van der Waals surface area contributed by atoms with Gasteiger partial charge in [0.25, 0.3) is 5.91 Å². The Balaban J connectivity index is 1.51. The molecule has 140 valence electrons. The number of piperidine rings is 1. The van der Waals surface area contributed by atoms with E-state index in [0.29, 0.717) is 12.1 Å². The van der Waals surface area contributed by atoms with Crippen molar-refractivity contribution >= 4 is 28.1 Å². The largest absolute Gasteiger partial charge is 0.350 e. The number of hydrogen-bond acceptors (Lipinski definition) is 4. The zero-order chi connectivity index (χ0) is 18.6. The van der Waals surface area contributed by atoms with Gasteiger partial charge in [-0.15, -0.1) is 11.3 Å². The van der Waals surface area contributed by atoms with E-state index in [2.05, 4.69) is 39.6 Å². The van der Waals surface area contributed by atoms with Crippen LogP contribution in [0.5, 0.6) is 0 Å². The quantitative estimate of drug-likeness (QED) is 0.710. The number of carbonyl (C=O) groups excluding carboxylic acids is 1. The first-order valence-electron chi connectivity index (χ1n) is 9.62. The van der Waals surface area contributed by atoms with Crippen LogP contribution in [0.3, 0.4) is 0 Å². The Labute approximate surface area is 164 Å². The predicted octanol–water partition coefficient (Wildman–Crippen LogP) is 4.50. The molecule has 1 unspecified atom stereocenters. The van der Waals surface area contributed by atoms with Gasteiger partial charge < -0.3 is 5.32 Å². The van der Waals surface area contributed by atoms with E-state index in [0.717, 1.165) is 29.9 Å². The number of thiophene rings is 1. The highest BCUT2D eigenvalue weighted by Crippen LogP contribution is 2.29. The van der Waals surface area contributed by atoms with Crippen LogP contribution >= 0.6 is 11.3 Å². The third kappa shape index (κ3) is 4.04. The first-order chi connectivity index (χ1) is 13.2. The molecule has 1 aliphatic rings. The summed E-state index contributed by atoms with van der Waals surface area (Å²) in [5, 5.41) is 6.20. The van der Waals surface area contributed by atoms with Gasteiger partial charge in [-0.05, 0) is 55.4 Å². The van der Waals surface area contributed by atoms with Crippen LogP contribution in [0.25, 0.3) is 10.9 Å². The van der Waals surface area contributed by atoms with Crippen molar-refractivity contribution in [1.82, 2.24) is 15.2 Å². The van der Waals surface area contributed by atoms with E-state index in [9.17, 15) is 4.79 Å². The van der Waals surface area contributed by atoms with Crippen molar-refractivity contribution in [3.63, 3.8) is 0 Å². The molecule has 1 aromatic carbocycles. The highest BCUT2D eigenvalue weighted by Gasteiger charge is 2.26. The topological polar surface area (TPSA) is 45.2 Å². The van der Waals surface area contributed by atoms with Crippen molar-refractivity contribution in [1.29, 1.82) is 0 Å². The molecule has 0 bridgehead atoms. The number of benzene rings is 1. The van der Waals surface area contributed by atoms with Gasteiger partial charge in [-0.2, -0.15) is 0 Å². The first kappa shape index (κ1) is 18.1. The number of likely N-dealkylation sites (tertiary alicyclic amines) is 1. The van der Waals surface area contributed by atoms with Crippen LogP contribution in [0, 0.1) is 5.92 Å². The van der Waals surface area contributed by atoms with Crippen LogP contribution in [0.15, 0.2) is 54.0 Å². The summed E-state index contributed by atoms with van der Waals surface area (Å²) < 4.78 is 0. The molecule has 27 heavy (non-hydrogen) atoms. The smallest absolute Gasteiger partial charge is 0.252 e. The number of hydrogen-bond donors (Lipinski definition) is 1. The van der Waals surface area contributed by atoms with E-state index < -0.39 is 0 Å². The average molecular weight is 380 g/mol. The molecule has 0 radical (unpaired) electrons. The van der Waals surface area contributed by atoms with Gasteiger partial charge in [0.15, 0.2) is 0 Å². The average Bonchev–Trinajstić information content (AvgIpc) is 3.23. The maximum absolute atomic E-state index is 12.9. The second kappa shape index (κ2) is 8.19. The normalized spacial score (nSPS) is 17.1. The number of nitrogens with zero attached hydrogens (tertiary/aromatic N) is 2. The minimum absolute atomic E-state index is 0.0273. The van der Waals surface area contributed by atoms with Crippen molar-refractivity contribution in [3.8, 4) is 0 Å². The molecule has 4 nitrogen and oxygen atoms in total. The summed E-state index contributed by atoms with van der Waals surface area (Å²) in [6.45, 7) is 5.15. The molecule has 1 N–H and O–H groups in total. The zero-order valence-corrected chi connectivity index (χ0v) is 16.4. The van der Waals surface area contributed by atoms with E-state index in [4.69, 9.17) is 0 Å². The summed E-state index contributed by atoms with van der Waals surface area (Å²) in [7, 11) is 0. The summed E-state index contributed by atoms with van der Waals surface area (Å²) in [5.41, 5.74) is 1.54. The van der Waals surface area contributed by atoms with E-state index in [1.54, 1.807) is 23.6 Å². The van der Waals surface area contributed by atoms with Gasteiger partial charge in [-0.3, -0.25) is 14.7 Å². The molecule has 1 saturated heterocycles. The van der Waals surface area contributed by atoms with Crippen molar-refractivity contribution in [2.75, 3.05) is 19.6 Å². The van der Waals surface area contributed by atoms with Crippen molar-refractivity contribution in [2.24, 2.45) is 5.92 Å². The maximum Gasteiger partial charge on any atom is 0.252 e. The molecular formula is C22H25N3OS. The van der Waals surface area contributed by atoms with E-state index in [1.165, 1.54) is 17.7 Å². The molecule has 5 heteroatoms. The van der Waals surface area contributed by atoms with E-state index in [-0.39, 0.29) is 11.9 Å². The maximum atomic E-state index is 12.9. The predicted molar refractivity (Wildman–Crippen MR) is 111 cm³/mol. The van der Waals surface area contributed by atoms with Crippen LogP contribution in [-0.2, 0) is 0 Å². The van der Waals surface area contributed by atoms with Gasteiger partial charge in [-0.25, -0.2) is 0 Å².